The van der Waals surface area contributed by atoms with E-state index in [2.05, 4.69) is 20.5 Å². The third kappa shape index (κ3) is 4.95. The van der Waals surface area contributed by atoms with E-state index in [0.29, 0.717) is 55.2 Å². The van der Waals surface area contributed by atoms with E-state index in [1.807, 2.05) is 31.2 Å². The summed E-state index contributed by atoms with van der Waals surface area (Å²) in [4.78, 5) is 30.7. The van der Waals surface area contributed by atoms with Gasteiger partial charge in [0.2, 0.25) is 0 Å². The Bertz CT molecular complexity index is 1270. The van der Waals surface area contributed by atoms with Crippen LogP contribution in [0, 0.1) is 5.41 Å². The lowest BCUT2D eigenvalue weighted by Crippen LogP contribution is -2.33. The average Bonchev–Trinajstić information content (AvgIpc) is 3.45. The maximum absolute atomic E-state index is 13.4. The molecule has 4 rings (SSSR count). The van der Waals surface area contributed by atoms with Crippen LogP contribution in [0.5, 0.6) is 5.75 Å². The molecule has 3 aromatic rings. The number of methoxy groups -OCH3 is 1. The molecule has 4 N–H and O–H groups in total. The number of amides is 2. The number of rotatable bonds is 10. The summed E-state index contributed by atoms with van der Waals surface area (Å²) in [5, 5.41) is 16.6. The van der Waals surface area contributed by atoms with Gasteiger partial charge < -0.3 is 25.3 Å². The van der Waals surface area contributed by atoms with Crippen LogP contribution in [0.15, 0.2) is 36.4 Å². The van der Waals surface area contributed by atoms with E-state index >= 15 is 0 Å². The molecule has 9 nitrogen and oxygen atoms in total. The summed E-state index contributed by atoms with van der Waals surface area (Å²) in [7, 11) is 1.61. The number of benzene rings is 2. The number of hydrogen-bond donors (Lipinski definition) is 4. The fraction of sp³-hybridized carbons (Fsp3) is 0.360. The first kappa shape index (κ1) is 24.5. The zero-order chi connectivity index (χ0) is 24.9. The molecular weight excluding hydrogens is 468 g/mol. The molecule has 0 aliphatic carbocycles. The van der Waals surface area contributed by atoms with Crippen molar-refractivity contribution in [1.29, 1.82) is 5.41 Å². The topological polar surface area (TPSA) is 121 Å². The van der Waals surface area contributed by atoms with Crippen molar-refractivity contribution in [3.63, 3.8) is 0 Å². The molecule has 0 bridgehead atoms. The van der Waals surface area contributed by atoms with Crippen molar-refractivity contribution >= 4 is 40.3 Å². The number of carbonyl (C=O) groups is 2. The summed E-state index contributed by atoms with van der Waals surface area (Å²) in [6.07, 6.45) is 1.24. The average molecular weight is 497 g/mol. The van der Waals surface area contributed by atoms with Crippen LogP contribution in [-0.4, -0.2) is 46.7 Å². The molecule has 35 heavy (non-hydrogen) atoms. The normalized spacial score (nSPS) is 13.3. The molecule has 0 fully saturated rings. The van der Waals surface area contributed by atoms with E-state index in [1.165, 1.54) is 0 Å². The fourth-order valence-corrected chi connectivity index (χ4v) is 4.56. The lowest BCUT2D eigenvalue weighted by atomic mass is 10.0. The molecule has 1 atom stereocenters. The molecule has 0 unspecified atom stereocenters. The quantitative estimate of drug-likeness (QED) is 0.148. The number of para-hydroxylation sites is 1. The number of hydrogen-bond acceptors (Lipinski definition) is 5. The lowest BCUT2D eigenvalue weighted by molar-refractivity contribution is 0.0912. The van der Waals surface area contributed by atoms with Crippen LogP contribution < -0.4 is 20.7 Å². The van der Waals surface area contributed by atoms with E-state index in [4.69, 9.17) is 26.7 Å². The second-order valence-corrected chi connectivity index (χ2v) is 8.54. The van der Waals surface area contributed by atoms with Crippen LogP contribution in [-0.2, 0) is 13.1 Å². The first-order valence-electron chi connectivity index (χ1n) is 11.6. The number of fused-ring (bicyclic) bond motifs is 2. The smallest absolute Gasteiger partial charge is 0.252 e. The van der Waals surface area contributed by atoms with Crippen molar-refractivity contribution < 1.29 is 14.3 Å². The lowest BCUT2D eigenvalue weighted by Gasteiger charge is -2.20. The molecule has 0 saturated heterocycles. The van der Waals surface area contributed by atoms with Crippen LogP contribution in [0.4, 0.5) is 0 Å². The van der Waals surface area contributed by atoms with Gasteiger partial charge in [0.05, 0.1) is 35.7 Å². The van der Waals surface area contributed by atoms with Crippen molar-refractivity contribution in [3.8, 4) is 5.75 Å². The third-order valence-corrected chi connectivity index (χ3v) is 6.40. The highest BCUT2D eigenvalue weighted by atomic mass is 35.5. The van der Waals surface area contributed by atoms with E-state index < -0.39 is 6.04 Å². The summed E-state index contributed by atoms with van der Waals surface area (Å²) in [5.41, 5.74) is 3.23. The number of alkyl halides is 1. The van der Waals surface area contributed by atoms with Gasteiger partial charge in [-0.3, -0.25) is 15.0 Å². The van der Waals surface area contributed by atoms with Crippen molar-refractivity contribution in [2.45, 2.75) is 38.9 Å². The Labute approximate surface area is 208 Å². The Morgan fingerprint density at radius 3 is 2.86 bits per heavy atom. The minimum atomic E-state index is -0.424. The van der Waals surface area contributed by atoms with Gasteiger partial charge in [-0.25, -0.2) is 4.98 Å². The number of aryl methyl sites for hydroxylation is 1. The minimum absolute atomic E-state index is 0.118. The molecule has 184 valence electrons. The zero-order valence-electron chi connectivity index (χ0n) is 19.8. The van der Waals surface area contributed by atoms with Crippen molar-refractivity contribution in [2.75, 3.05) is 19.5 Å². The molecule has 1 aliphatic rings. The van der Waals surface area contributed by atoms with E-state index in [9.17, 15) is 9.59 Å². The predicted molar refractivity (Wildman–Crippen MR) is 135 cm³/mol. The van der Waals surface area contributed by atoms with Crippen molar-refractivity contribution in [3.05, 3.63) is 58.9 Å². The van der Waals surface area contributed by atoms with Crippen LogP contribution in [0.3, 0.4) is 0 Å². The highest BCUT2D eigenvalue weighted by Crippen LogP contribution is 2.30. The number of carbonyl (C=O) groups excluding carboxylic acids is 2. The van der Waals surface area contributed by atoms with Crippen LogP contribution in [0.1, 0.15) is 57.9 Å². The molecule has 0 spiro atoms. The molecule has 1 aromatic heterocycles. The Kier molecular flexibility index (Phi) is 7.55. The van der Waals surface area contributed by atoms with E-state index in [-0.39, 0.29) is 23.5 Å². The summed E-state index contributed by atoms with van der Waals surface area (Å²) in [5.74, 6) is 1.18. The summed E-state index contributed by atoms with van der Waals surface area (Å²) >= 11 is 5.70. The van der Waals surface area contributed by atoms with Gasteiger partial charge in [0.25, 0.3) is 11.8 Å². The van der Waals surface area contributed by atoms with Gasteiger partial charge in [0.15, 0.2) is 0 Å². The van der Waals surface area contributed by atoms with Crippen molar-refractivity contribution in [1.82, 2.24) is 25.5 Å². The number of nitrogens with one attached hydrogen (secondary N) is 4. The molecule has 0 radical (unpaired) electrons. The Morgan fingerprint density at radius 2 is 2.11 bits per heavy atom. The first-order valence-corrected chi connectivity index (χ1v) is 12.1. The van der Waals surface area contributed by atoms with E-state index in [0.717, 1.165) is 16.6 Å². The second kappa shape index (κ2) is 10.8. The van der Waals surface area contributed by atoms with Gasteiger partial charge in [0, 0.05) is 19.6 Å². The van der Waals surface area contributed by atoms with Gasteiger partial charge in [0.1, 0.15) is 22.9 Å². The SMILES string of the molecule is CCn1c([C@H](CCCNC(=N)CCl)NC(=O)c2cccc3c2C(=O)NC3)nc2c(OC)cccc21. The molecule has 2 amide bonds. The van der Waals surface area contributed by atoms with Crippen LogP contribution >= 0.6 is 11.6 Å². The molecule has 2 aromatic carbocycles. The number of ether oxygens (including phenoxy) is 1. The number of imidazole rings is 1. The number of halogens is 1. The molecule has 0 saturated carbocycles. The van der Waals surface area contributed by atoms with Gasteiger partial charge in [-0.05, 0) is 43.5 Å². The predicted octanol–water partition coefficient (Wildman–Crippen LogP) is 3.37. The number of amidine groups is 1. The summed E-state index contributed by atoms with van der Waals surface area (Å²) in [6, 6.07) is 10.6. The number of aromatic nitrogens is 2. The molecular formula is C25H29ClN6O3. The monoisotopic (exact) mass is 496 g/mol. The largest absolute Gasteiger partial charge is 0.494 e. The fourth-order valence-electron chi connectivity index (χ4n) is 4.47. The van der Waals surface area contributed by atoms with E-state index in [1.54, 1.807) is 19.2 Å². The highest BCUT2D eigenvalue weighted by molar-refractivity contribution is 6.27. The standard InChI is InChI=1S/C25H29ClN6O3/c1-3-32-18-10-5-11-19(35-2)22(18)31-23(32)17(9-6-12-28-20(27)13-26)30-24(33)16-8-4-7-15-14-29-25(34)21(15)16/h4-5,7-8,10-11,17H,3,6,9,12-14H2,1-2H3,(H2,27,28)(H,29,34)(H,30,33)/t17-/m0/s1. The van der Waals surface area contributed by atoms with Gasteiger partial charge in [-0.1, -0.05) is 18.2 Å². The Morgan fingerprint density at radius 1 is 1.31 bits per heavy atom. The maximum atomic E-state index is 13.4. The van der Waals surface area contributed by atoms with Crippen molar-refractivity contribution in [2.24, 2.45) is 0 Å². The van der Waals surface area contributed by atoms with Gasteiger partial charge in [-0.15, -0.1) is 11.6 Å². The van der Waals surface area contributed by atoms with Gasteiger partial charge >= 0.3 is 0 Å². The summed E-state index contributed by atoms with van der Waals surface area (Å²) < 4.78 is 7.58. The third-order valence-electron chi connectivity index (χ3n) is 6.13. The Balaban J connectivity index is 1.67. The minimum Gasteiger partial charge on any atom is -0.494 e. The molecule has 10 heteroatoms. The number of nitrogens with zero attached hydrogens (tertiary/aromatic N) is 2. The van der Waals surface area contributed by atoms with Gasteiger partial charge in [-0.2, -0.15) is 0 Å². The first-order chi connectivity index (χ1) is 17.0. The van der Waals surface area contributed by atoms with Crippen LogP contribution in [0.2, 0.25) is 0 Å². The van der Waals surface area contributed by atoms with Crippen LogP contribution in [0.25, 0.3) is 11.0 Å². The Hall–Kier alpha value is -3.59. The zero-order valence-corrected chi connectivity index (χ0v) is 20.5. The molecule has 1 aliphatic heterocycles. The highest BCUT2D eigenvalue weighted by Gasteiger charge is 2.28. The second-order valence-electron chi connectivity index (χ2n) is 8.27. The summed E-state index contributed by atoms with van der Waals surface area (Å²) in [6.45, 7) is 3.64. The maximum Gasteiger partial charge on any atom is 0.252 e. The molecule has 2 heterocycles.